The van der Waals surface area contributed by atoms with Gasteiger partial charge in [-0.05, 0) is 33.6 Å². The molecule has 0 bridgehead atoms. The monoisotopic (exact) mass is 299 g/mol. The van der Waals surface area contributed by atoms with Crippen molar-refractivity contribution in [2.45, 2.75) is 45.3 Å². The lowest BCUT2D eigenvalue weighted by Crippen LogP contribution is -2.55. The Labute approximate surface area is 125 Å². The molecule has 1 amide bonds. The average molecular weight is 299 g/mol. The summed E-state index contributed by atoms with van der Waals surface area (Å²) in [5, 5.41) is 0. The highest BCUT2D eigenvalue weighted by molar-refractivity contribution is 5.89. The lowest BCUT2D eigenvalue weighted by molar-refractivity contribution is -0.138. The maximum absolute atomic E-state index is 12.6. The second-order valence-electron chi connectivity index (χ2n) is 6.58. The minimum absolute atomic E-state index is 0.0280. The second kappa shape index (κ2) is 6.75. The normalized spacial score (nSPS) is 27.3. The van der Waals surface area contributed by atoms with Crippen LogP contribution >= 0.6 is 0 Å². The first-order valence-electron chi connectivity index (χ1n) is 7.57. The van der Waals surface area contributed by atoms with Crippen LogP contribution in [0, 0.1) is 5.92 Å². The fraction of sp³-hybridized carbons (Fsp3) is 0.867. The maximum atomic E-state index is 12.6. The van der Waals surface area contributed by atoms with E-state index in [1.165, 1.54) is 4.90 Å². The summed E-state index contributed by atoms with van der Waals surface area (Å²) in [4.78, 5) is 26.4. The van der Waals surface area contributed by atoms with Crippen molar-refractivity contribution in [1.82, 2.24) is 4.90 Å². The Morgan fingerprint density at radius 2 is 1.86 bits per heavy atom. The first kappa shape index (κ1) is 16.2. The van der Waals surface area contributed by atoms with E-state index in [0.717, 1.165) is 12.8 Å². The first-order chi connectivity index (χ1) is 9.88. The molecule has 2 saturated heterocycles. The summed E-state index contributed by atoms with van der Waals surface area (Å²) in [6.45, 7) is 7.67. The van der Waals surface area contributed by atoms with Gasteiger partial charge in [0, 0.05) is 19.1 Å². The zero-order chi connectivity index (χ0) is 15.5. The molecule has 6 nitrogen and oxygen atoms in total. The summed E-state index contributed by atoms with van der Waals surface area (Å²) in [5.41, 5.74) is -0.572. The molecule has 21 heavy (non-hydrogen) atoms. The number of ketones is 1. The van der Waals surface area contributed by atoms with Crippen LogP contribution in [-0.4, -0.2) is 61.4 Å². The number of amides is 1. The van der Waals surface area contributed by atoms with Crippen LogP contribution in [0.1, 0.15) is 33.6 Å². The molecule has 0 aromatic carbocycles. The van der Waals surface area contributed by atoms with E-state index < -0.39 is 17.7 Å². The van der Waals surface area contributed by atoms with E-state index in [1.807, 2.05) is 20.8 Å². The molecule has 2 unspecified atom stereocenters. The Bertz CT molecular complexity index is 384. The van der Waals surface area contributed by atoms with Crippen molar-refractivity contribution >= 4 is 11.9 Å². The number of nitrogens with zero attached hydrogens (tertiary/aromatic N) is 1. The van der Waals surface area contributed by atoms with Gasteiger partial charge < -0.3 is 14.2 Å². The number of hydrogen-bond donors (Lipinski definition) is 0. The van der Waals surface area contributed by atoms with Crippen LogP contribution in [0.3, 0.4) is 0 Å². The largest absolute Gasteiger partial charge is 0.444 e. The van der Waals surface area contributed by atoms with Gasteiger partial charge in [-0.2, -0.15) is 0 Å². The molecule has 0 radical (unpaired) electrons. The summed E-state index contributed by atoms with van der Waals surface area (Å²) in [6, 6.07) is -0.555. The fourth-order valence-corrected chi connectivity index (χ4v) is 2.62. The van der Waals surface area contributed by atoms with Crippen LogP contribution in [-0.2, 0) is 19.0 Å². The third kappa shape index (κ3) is 4.41. The summed E-state index contributed by atoms with van der Waals surface area (Å²) in [6.07, 6.45) is 1.26. The predicted molar refractivity (Wildman–Crippen MR) is 76.1 cm³/mol. The van der Waals surface area contributed by atoms with Crippen molar-refractivity contribution in [3.8, 4) is 0 Å². The van der Waals surface area contributed by atoms with Crippen LogP contribution in [0.15, 0.2) is 0 Å². The molecule has 120 valence electrons. The topological polar surface area (TPSA) is 65.1 Å². The standard InChI is InChI=1S/C15H25NO5/c1-15(2,3)21-14(18)16-6-8-20-10-12(16)13(17)11-5-4-7-19-9-11/h11-12H,4-10H2,1-3H3. The van der Waals surface area contributed by atoms with Gasteiger partial charge in [-0.1, -0.05) is 0 Å². The van der Waals surface area contributed by atoms with E-state index >= 15 is 0 Å². The zero-order valence-corrected chi connectivity index (χ0v) is 13.1. The number of carbonyl (C=O) groups is 2. The van der Waals surface area contributed by atoms with Crippen molar-refractivity contribution in [2.24, 2.45) is 5.92 Å². The van der Waals surface area contributed by atoms with Crippen LogP contribution < -0.4 is 0 Å². The molecular weight excluding hydrogens is 274 g/mol. The van der Waals surface area contributed by atoms with Crippen LogP contribution in [0.4, 0.5) is 4.79 Å². The van der Waals surface area contributed by atoms with Gasteiger partial charge in [0.1, 0.15) is 11.6 Å². The van der Waals surface area contributed by atoms with Crippen molar-refractivity contribution in [3.63, 3.8) is 0 Å². The lowest BCUT2D eigenvalue weighted by atomic mass is 9.92. The SMILES string of the molecule is CC(C)(C)OC(=O)N1CCOCC1C(=O)C1CCCOC1. The van der Waals surface area contributed by atoms with Gasteiger partial charge in [0.2, 0.25) is 0 Å². The molecule has 0 aliphatic carbocycles. The summed E-state index contributed by atoms with van der Waals surface area (Å²) < 4.78 is 16.2. The van der Waals surface area contributed by atoms with Gasteiger partial charge in [0.25, 0.3) is 0 Å². The minimum Gasteiger partial charge on any atom is -0.444 e. The highest BCUT2D eigenvalue weighted by Crippen LogP contribution is 2.21. The smallest absolute Gasteiger partial charge is 0.411 e. The molecule has 0 N–H and O–H groups in total. The van der Waals surface area contributed by atoms with Gasteiger partial charge in [-0.15, -0.1) is 0 Å². The van der Waals surface area contributed by atoms with Gasteiger partial charge in [0.05, 0.1) is 19.8 Å². The van der Waals surface area contributed by atoms with E-state index in [9.17, 15) is 9.59 Å². The van der Waals surface area contributed by atoms with Crippen molar-refractivity contribution < 1.29 is 23.8 Å². The Morgan fingerprint density at radius 3 is 2.48 bits per heavy atom. The van der Waals surface area contributed by atoms with E-state index in [-0.39, 0.29) is 18.3 Å². The van der Waals surface area contributed by atoms with Crippen LogP contribution in [0.2, 0.25) is 0 Å². The molecule has 2 rings (SSSR count). The zero-order valence-electron chi connectivity index (χ0n) is 13.1. The van der Waals surface area contributed by atoms with Crippen molar-refractivity contribution in [3.05, 3.63) is 0 Å². The van der Waals surface area contributed by atoms with E-state index in [2.05, 4.69) is 0 Å². The molecule has 2 aliphatic rings. The van der Waals surface area contributed by atoms with Crippen LogP contribution in [0.5, 0.6) is 0 Å². The average Bonchev–Trinajstić information content (AvgIpc) is 2.45. The van der Waals surface area contributed by atoms with Gasteiger partial charge in [0.15, 0.2) is 5.78 Å². The lowest BCUT2D eigenvalue weighted by Gasteiger charge is -2.37. The molecule has 2 atom stereocenters. The number of morpholine rings is 1. The molecule has 2 fully saturated rings. The number of ether oxygens (including phenoxy) is 3. The molecule has 2 heterocycles. The Kier molecular flexibility index (Phi) is 5.22. The summed E-state index contributed by atoms with van der Waals surface area (Å²) in [7, 11) is 0. The van der Waals surface area contributed by atoms with E-state index in [0.29, 0.717) is 26.4 Å². The molecule has 0 spiro atoms. The van der Waals surface area contributed by atoms with E-state index in [1.54, 1.807) is 0 Å². The van der Waals surface area contributed by atoms with Gasteiger partial charge >= 0.3 is 6.09 Å². The maximum Gasteiger partial charge on any atom is 0.411 e. The molecule has 2 aliphatic heterocycles. The summed E-state index contributed by atoms with van der Waals surface area (Å²) in [5.74, 6) is -0.115. The Hall–Kier alpha value is -1.14. The Balaban J connectivity index is 2.04. The molecule has 6 heteroatoms. The fourth-order valence-electron chi connectivity index (χ4n) is 2.62. The summed E-state index contributed by atoms with van der Waals surface area (Å²) >= 11 is 0. The second-order valence-corrected chi connectivity index (χ2v) is 6.58. The molecule has 0 aromatic rings. The molecular formula is C15H25NO5. The van der Waals surface area contributed by atoms with Crippen LogP contribution in [0.25, 0.3) is 0 Å². The van der Waals surface area contributed by atoms with Gasteiger partial charge in [-0.25, -0.2) is 4.79 Å². The predicted octanol–water partition coefficient (Wildman–Crippen LogP) is 1.62. The molecule has 0 aromatic heterocycles. The number of carbonyl (C=O) groups excluding carboxylic acids is 2. The van der Waals surface area contributed by atoms with Crippen molar-refractivity contribution in [1.29, 1.82) is 0 Å². The first-order valence-corrected chi connectivity index (χ1v) is 7.57. The number of Topliss-reactive ketones (excluding diaryl/α,β-unsaturated/α-hetero) is 1. The quantitative estimate of drug-likeness (QED) is 0.775. The number of rotatable bonds is 2. The van der Waals surface area contributed by atoms with E-state index in [4.69, 9.17) is 14.2 Å². The van der Waals surface area contributed by atoms with Gasteiger partial charge in [-0.3, -0.25) is 9.69 Å². The Morgan fingerprint density at radius 1 is 1.14 bits per heavy atom. The highest BCUT2D eigenvalue weighted by atomic mass is 16.6. The number of hydrogen-bond acceptors (Lipinski definition) is 5. The third-order valence-corrected chi connectivity index (χ3v) is 3.65. The van der Waals surface area contributed by atoms with Crippen molar-refractivity contribution in [2.75, 3.05) is 33.0 Å². The molecule has 0 saturated carbocycles. The highest BCUT2D eigenvalue weighted by Gasteiger charge is 2.38. The minimum atomic E-state index is -0.572. The third-order valence-electron chi connectivity index (χ3n) is 3.65.